The lowest BCUT2D eigenvalue weighted by molar-refractivity contribution is 0.111. The van der Waals surface area contributed by atoms with Gasteiger partial charge >= 0.3 is 0 Å². The van der Waals surface area contributed by atoms with E-state index in [2.05, 4.69) is 44.6 Å². The number of benzene rings is 1. The van der Waals surface area contributed by atoms with Gasteiger partial charge in [0.2, 0.25) is 0 Å². The van der Waals surface area contributed by atoms with Crippen molar-refractivity contribution in [1.82, 2.24) is 19.4 Å². The number of nitriles is 1. The fraction of sp³-hybridized carbons (Fsp3) is 0.320. The van der Waals surface area contributed by atoms with E-state index in [0.717, 1.165) is 49.1 Å². The molecule has 1 saturated heterocycles. The summed E-state index contributed by atoms with van der Waals surface area (Å²) in [5, 5.41) is 10.7. The third-order valence-electron chi connectivity index (χ3n) is 6.64. The summed E-state index contributed by atoms with van der Waals surface area (Å²) in [5.74, 6) is 1.09. The molecule has 1 aliphatic heterocycles. The lowest BCUT2D eigenvalue weighted by Gasteiger charge is -2.37. The van der Waals surface area contributed by atoms with Crippen molar-refractivity contribution < 1.29 is 0 Å². The normalized spacial score (nSPS) is 19.6. The summed E-state index contributed by atoms with van der Waals surface area (Å²) < 4.78 is 2.24. The summed E-state index contributed by atoms with van der Waals surface area (Å²) in [6, 6.07) is 13.7. The van der Waals surface area contributed by atoms with Gasteiger partial charge in [0.05, 0.1) is 22.5 Å². The molecule has 6 nitrogen and oxygen atoms in total. The lowest BCUT2D eigenvalue weighted by atomic mass is 9.86. The van der Waals surface area contributed by atoms with Gasteiger partial charge in [0.25, 0.3) is 0 Å². The van der Waals surface area contributed by atoms with Gasteiger partial charge in [-0.2, -0.15) is 5.26 Å². The predicted molar refractivity (Wildman–Crippen MR) is 122 cm³/mol. The molecule has 3 aromatic heterocycles. The van der Waals surface area contributed by atoms with E-state index in [1.807, 2.05) is 30.6 Å². The molecule has 5 rings (SSSR count). The van der Waals surface area contributed by atoms with Gasteiger partial charge in [0.15, 0.2) is 5.43 Å². The summed E-state index contributed by atoms with van der Waals surface area (Å²) in [7, 11) is 0. The number of hydrogen-bond acceptors (Lipinski definition) is 4. The summed E-state index contributed by atoms with van der Waals surface area (Å²) in [6.07, 6.45) is 6.65. The van der Waals surface area contributed by atoms with Crippen LogP contribution in [0.25, 0.3) is 21.9 Å². The zero-order valence-corrected chi connectivity index (χ0v) is 17.6. The number of aromatic nitrogens is 3. The van der Waals surface area contributed by atoms with Crippen LogP contribution >= 0.6 is 0 Å². The van der Waals surface area contributed by atoms with Crippen molar-refractivity contribution in [3.8, 4) is 6.07 Å². The second-order valence-corrected chi connectivity index (χ2v) is 8.66. The quantitative estimate of drug-likeness (QED) is 0.552. The van der Waals surface area contributed by atoms with Crippen LogP contribution in [-0.2, 0) is 13.1 Å². The number of nitrogens with one attached hydrogen (secondary N) is 1. The maximum Gasteiger partial charge on any atom is 0.190 e. The second-order valence-electron chi connectivity index (χ2n) is 8.66. The minimum absolute atomic E-state index is 0.0148. The SMILES string of the molecule is CC1CCN(Cc2ccc(C#N)cc2)CC1Cn1ccc(=O)c2cnc3[nH]ccc3c21. The molecule has 6 heteroatoms. The molecule has 156 valence electrons. The number of H-pyrrole nitrogens is 1. The van der Waals surface area contributed by atoms with E-state index in [1.165, 1.54) is 5.56 Å². The molecule has 2 unspecified atom stereocenters. The Labute approximate surface area is 180 Å². The fourth-order valence-corrected chi connectivity index (χ4v) is 4.76. The monoisotopic (exact) mass is 411 g/mol. The second kappa shape index (κ2) is 8.01. The van der Waals surface area contributed by atoms with E-state index in [4.69, 9.17) is 5.26 Å². The Morgan fingerprint density at radius 3 is 2.84 bits per heavy atom. The van der Waals surface area contributed by atoms with Gasteiger partial charge < -0.3 is 9.55 Å². The molecule has 0 spiro atoms. The molecule has 1 N–H and O–H groups in total. The molecule has 1 aliphatic rings. The highest BCUT2D eigenvalue weighted by molar-refractivity contribution is 6.02. The molecule has 0 saturated carbocycles. The van der Waals surface area contributed by atoms with Crippen molar-refractivity contribution in [1.29, 1.82) is 5.26 Å². The smallest absolute Gasteiger partial charge is 0.190 e. The Bertz CT molecular complexity index is 1330. The number of rotatable bonds is 4. The molecule has 4 heterocycles. The van der Waals surface area contributed by atoms with Crippen LogP contribution in [0.2, 0.25) is 0 Å². The maximum absolute atomic E-state index is 12.5. The van der Waals surface area contributed by atoms with E-state index in [-0.39, 0.29) is 5.43 Å². The number of aromatic amines is 1. The van der Waals surface area contributed by atoms with Crippen molar-refractivity contribution in [2.45, 2.75) is 26.4 Å². The van der Waals surface area contributed by atoms with E-state index in [9.17, 15) is 4.79 Å². The Kier molecular flexibility index (Phi) is 5.05. The minimum atomic E-state index is 0.0148. The van der Waals surface area contributed by atoms with Crippen LogP contribution in [0.5, 0.6) is 0 Å². The van der Waals surface area contributed by atoms with E-state index >= 15 is 0 Å². The standard InChI is InChI=1S/C25H25N5O/c1-17-7-10-29(14-19-4-2-18(12-26)3-5-19)15-20(17)16-30-11-8-23(31)22-13-28-25-21(24(22)30)6-9-27-25/h2-6,8-9,11,13,17,20H,7,10,14-16H2,1H3,(H,27,28). The Hall–Kier alpha value is -3.43. The van der Waals surface area contributed by atoms with E-state index in [1.54, 1.807) is 12.3 Å². The van der Waals surface area contributed by atoms with Gasteiger partial charge in [-0.1, -0.05) is 19.1 Å². The Morgan fingerprint density at radius 1 is 1.19 bits per heavy atom. The van der Waals surface area contributed by atoms with Gasteiger partial charge in [-0.05, 0) is 48.6 Å². The summed E-state index contributed by atoms with van der Waals surface area (Å²) in [4.78, 5) is 22.5. The van der Waals surface area contributed by atoms with Crippen LogP contribution in [-0.4, -0.2) is 32.5 Å². The van der Waals surface area contributed by atoms with Crippen LogP contribution in [0.4, 0.5) is 0 Å². The minimum Gasteiger partial charge on any atom is -0.346 e. The zero-order chi connectivity index (χ0) is 21.4. The highest BCUT2D eigenvalue weighted by atomic mass is 16.1. The maximum atomic E-state index is 12.5. The predicted octanol–water partition coefficient (Wildman–Crippen LogP) is 3.91. The fourth-order valence-electron chi connectivity index (χ4n) is 4.76. The van der Waals surface area contributed by atoms with E-state index < -0.39 is 0 Å². The first-order valence-electron chi connectivity index (χ1n) is 10.8. The molecular formula is C25H25N5O. The molecule has 31 heavy (non-hydrogen) atoms. The van der Waals surface area contributed by atoms with Gasteiger partial charge in [0.1, 0.15) is 5.65 Å². The van der Waals surface area contributed by atoms with Crippen molar-refractivity contribution in [3.05, 3.63) is 76.3 Å². The summed E-state index contributed by atoms with van der Waals surface area (Å²) in [5.41, 5.74) is 3.73. The number of piperidine rings is 1. The largest absolute Gasteiger partial charge is 0.346 e. The Morgan fingerprint density at radius 2 is 2.03 bits per heavy atom. The molecule has 2 atom stereocenters. The van der Waals surface area contributed by atoms with Crippen LogP contribution in [0.15, 0.2) is 59.8 Å². The highest BCUT2D eigenvalue weighted by Crippen LogP contribution is 2.28. The first kappa shape index (κ1) is 19.5. The number of fused-ring (bicyclic) bond motifs is 3. The molecule has 1 aromatic carbocycles. The summed E-state index contributed by atoms with van der Waals surface area (Å²) in [6.45, 7) is 6.19. The molecule has 0 amide bonds. The van der Waals surface area contributed by atoms with Crippen molar-refractivity contribution >= 4 is 21.9 Å². The topological polar surface area (TPSA) is 77.7 Å². The number of likely N-dealkylation sites (tertiary alicyclic amines) is 1. The van der Waals surface area contributed by atoms with E-state index in [0.29, 0.717) is 22.8 Å². The average molecular weight is 412 g/mol. The van der Waals surface area contributed by atoms with Crippen molar-refractivity contribution in [2.24, 2.45) is 11.8 Å². The van der Waals surface area contributed by atoms with Crippen molar-refractivity contribution in [2.75, 3.05) is 13.1 Å². The van der Waals surface area contributed by atoms with Crippen LogP contribution < -0.4 is 5.43 Å². The molecule has 0 bridgehead atoms. The average Bonchev–Trinajstić information content (AvgIpc) is 3.27. The molecule has 1 fully saturated rings. The van der Waals surface area contributed by atoms with Crippen molar-refractivity contribution in [3.63, 3.8) is 0 Å². The third kappa shape index (κ3) is 3.73. The molecule has 4 aromatic rings. The first-order chi connectivity index (χ1) is 15.1. The number of hydrogen-bond donors (Lipinski definition) is 1. The Balaban J connectivity index is 1.41. The molecule has 0 aliphatic carbocycles. The number of pyridine rings is 2. The first-order valence-corrected chi connectivity index (χ1v) is 10.8. The van der Waals surface area contributed by atoms with Crippen LogP contribution in [0, 0.1) is 23.2 Å². The van der Waals surface area contributed by atoms with Gasteiger partial charge in [-0.25, -0.2) is 4.98 Å². The lowest BCUT2D eigenvalue weighted by Crippen LogP contribution is -2.41. The van der Waals surface area contributed by atoms with Gasteiger partial charge in [-0.3, -0.25) is 9.69 Å². The zero-order valence-electron chi connectivity index (χ0n) is 17.6. The number of nitrogens with zero attached hydrogens (tertiary/aromatic N) is 4. The van der Waals surface area contributed by atoms with Gasteiger partial charge in [-0.15, -0.1) is 0 Å². The third-order valence-corrected chi connectivity index (χ3v) is 6.64. The van der Waals surface area contributed by atoms with Crippen LogP contribution in [0.3, 0.4) is 0 Å². The molecule has 0 radical (unpaired) electrons. The summed E-state index contributed by atoms with van der Waals surface area (Å²) >= 11 is 0. The highest BCUT2D eigenvalue weighted by Gasteiger charge is 2.27. The van der Waals surface area contributed by atoms with Crippen LogP contribution in [0.1, 0.15) is 24.5 Å². The van der Waals surface area contributed by atoms with Gasteiger partial charge in [0, 0.05) is 49.7 Å². The molecular weight excluding hydrogens is 386 g/mol.